The Morgan fingerprint density at radius 1 is 1.24 bits per heavy atom. The highest BCUT2D eigenvalue weighted by molar-refractivity contribution is 5.57. The summed E-state index contributed by atoms with van der Waals surface area (Å²) >= 11 is 0. The first kappa shape index (κ1) is 11.3. The molecule has 0 spiro atoms. The predicted octanol–water partition coefficient (Wildman–Crippen LogP) is 1.60. The molecule has 0 atom stereocenters. The number of ether oxygens (including phenoxy) is 2. The molecule has 0 fully saturated rings. The van der Waals surface area contributed by atoms with Crippen LogP contribution in [0.1, 0.15) is 11.3 Å². The van der Waals surface area contributed by atoms with Gasteiger partial charge in [0.05, 0.1) is 20.5 Å². The highest BCUT2D eigenvalue weighted by atomic mass is 16.5. The molecule has 0 radical (unpaired) electrons. The quantitative estimate of drug-likeness (QED) is 0.787. The molecule has 2 aromatic rings. The zero-order valence-electron chi connectivity index (χ0n) is 9.86. The molecule has 1 aromatic carbocycles. The molecular formula is C12H15N3O2. The Hall–Kier alpha value is -2.17. The fourth-order valence-electron chi connectivity index (χ4n) is 1.75. The van der Waals surface area contributed by atoms with Crippen LogP contribution < -0.4 is 15.2 Å². The van der Waals surface area contributed by atoms with E-state index in [4.69, 9.17) is 15.2 Å². The molecule has 90 valence electrons. The molecule has 0 bridgehead atoms. The molecule has 0 aliphatic heterocycles. The number of nitrogen functional groups attached to an aromatic ring is 1. The second-order valence-electron chi connectivity index (χ2n) is 3.66. The van der Waals surface area contributed by atoms with Crippen LogP contribution in [0.3, 0.4) is 0 Å². The van der Waals surface area contributed by atoms with E-state index in [1.807, 2.05) is 0 Å². The molecule has 0 unspecified atom stereocenters. The number of benzene rings is 1. The second kappa shape index (κ2) is 4.78. The Morgan fingerprint density at radius 2 is 1.88 bits per heavy atom. The van der Waals surface area contributed by atoms with E-state index < -0.39 is 0 Å². The first-order chi connectivity index (χ1) is 8.24. The van der Waals surface area contributed by atoms with Crippen LogP contribution in [0, 0.1) is 0 Å². The van der Waals surface area contributed by atoms with Crippen molar-refractivity contribution in [3.63, 3.8) is 0 Å². The summed E-state index contributed by atoms with van der Waals surface area (Å²) in [6, 6.07) is 3.57. The molecule has 0 aliphatic rings. The van der Waals surface area contributed by atoms with Crippen molar-refractivity contribution in [3.8, 4) is 11.5 Å². The number of imidazole rings is 1. The minimum absolute atomic E-state index is 0.618. The van der Waals surface area contributed by atoms with Gasteiger partial charge in [0.2, 0.25) is 0 Å². The summed E-state index contributed by atoms with van der Waals surface area (Å²) in [5, 5.41) is 0. The number of methoxy groups -OCH3 is 2. The van der Waals surface area contributed by atoms with Gasteiger partial charge in [-0.05, 0) is 0 Å². The lowest BCUT2D eigenvalue weighted by molar-refractivity contribution is 0.387. The number of aromatic nitrogens is 2. The number of nitrogens with one attached hydrogen (secondary N) is 1. The first-order valence-corrected chi connectivity index (χ1v) is 5.22. The highest BCUT2D eigenvalue weighted by Gasteiger charge is 2.12. The molecule has 17 heavy (non-hydrogen) atoms. The van der Waals surface area contributed by atoms with E-state index in [2.05, 4.69) is 9.97 Å². The van der Waals surface area contributed by atoms with E-state index in [0.717, 1.165) is 22.8 Å². The summed E-state index contributed by atoms with van der Waals surface area (Å²) in [7, 11) is 3.23. The Balaban J connectivity index is 2.42. The van der Waals surface area contributed by atoms with Crippen molar-refractivity contribution in [2.24, 2.45) is 0 Å². The zero-order chi connectivity index (χ0) is 12.3. The van der Waals surface area contributed by atoms with Gasteiger partial charge in [0.25, 0.3) is 0 Å². The lowest BCUT2D eigenvalue weighted by Gasteiger charge is -2.13. The SMILES string of the molecule is COc1cc(N)cc(OC)c1Cc1cnc[nH]1. The fourth-order valence-corrected chi connectivity index (χ4v) is 1.75. The third-order valence-electron chi connectivity index (χ3n) is 2.55. The number of H-pyrrole nitrogens is 1. The molecular weight excluding hydrogens is 218 g/mol. The van der Waals surface area contributed by atoms with Gasteiger partial charge in [-0.15, -0.1) is 0 Å². The van der Waals surface area contributed by atoms with Crippen molar-refractivity contribution >= 4 is 5.69 Å². The highest BCUT2D eigenvalue weighted by Crippen LogP contribution is 2.33. The number of anilines is 1. The molecule has 1 heterocycles. The van der Waals surface area contributed by atoms with Gasteiger partial charge in [0.15, 0.2) is 0 Å². The summed E-state index contributed by atoms with van der Waals surface area (Å²) in [5.41, 5.74) is 8.33. The van der Waals surface area contributed by atoms with E-state index in [-0.39, 0.29) is 0 Å². The normalized spacial score (nSPS) is 10.2. The number of aromatic amines is 1. The fraction of sp³-hybridized carbons (Fsp3) is 0.250. The van der Waals surface area contributed by atoms with Gasteiger partial charge >= 0.3 is 0 Å². The standard InChI is InChI=1S/C12H15N3O2/c1-16-11-3-8(13)4-12(17-2)10(11)5-9-6-14-7-15-9/h3-4,6-7H,5,13H2,1-2H3,(H,14,15). The zero-order valence-corrected chi connectivity index (χ0v) is 9.86. The third-order valence-corrected chi connectivity index (χ3v) is 2.55. The maximum Gasteiger partial charge on any atom is 0.128 e. The van der Waals surface area contributed by atoms with Gasteiger partial charge in [-0.3, -0.25) is 0 Å². The van der Waals surface area contributed by atoms with Gasteiger partial charge in [-0.25, -0.2) is 4.98 Å². The van der Waals surface area contributed by atoms with Crippen LogP contribution in [0.15, 0.2) is 24.7 Å². The average molecular weight is 233 g/mol. The smallest absolute Gasteiger partial charge is 0.128 e. The van der Waals surface area contributed by atoms with Crippen LogP contribution in [0.25, 0.3) is 0 Å². The van der Waals surface area contributed by atoms with Gasteiger partial charge < -0.3 is 20.2 Å². The Kier molecular flexibility index (Phi) is 3.18. The van der Waals surface area contributed by atoms with Crippen molar-refractivity contribution < 1.29 is 9.47 Å². The van der Waals surface area contributed by atoms with Crippen molar-refractivity contribution in [2.45, 2.75) is 6.42 Å². The molecule has 1 aromatic heterocycles. The molecule has 5 nitrogen and oxygen atoms in total. The van der Waals surface area contributed by atoms with Crippen molar-refractivity contribution in [2.75, 3.05) is 20.0 Å². The van der Waals surface area contributed by atoms with Crippen LogP contribution in [-0.4, -0.2) is 24.2 Å². The van der Waals surface area contributed by atoms with Crippen LogP contribution >= 0.6 is 0 Å². The Morgan fingerprint density at radius 3 is 2.35 bits per heavy atom. The topological polar surface area (TPSA) is 73.2 Å². The number of nitrogens with two attached hydrogens (primary N) is 1. The van der Waals surface area contributed by atoms with Crippen molar-refractivity contribution in [1.29, 1.82) is 0 Å². The van der Waals surface area contributed by atoms with Crippen LogP contribution in [0.2, 0.25) is 0 Å². The average Bonchev–Trinajstić information content (AvgIpc) is 2.83. The maximum absolute atomic E-state index is 5.77. The monoisotopic (exact) mass is 233 g/mol. The molecule has 3 N–H and O–H groups in total. The molecule has 0 saturated carbocycles. The van der Waals surface area contributed by atoms with E-state index in [1.54, 1.807) is 38.9 Å². The van der Waals surface area contributed by atoms with Crippen LogP contribution in [0.4, 0.5) is 5.69 Å². The minimum Gasteiger partial charge on any atom is -0.496 e. The van der Waals surface area contributed by atoms with Crippen LogP contribution in [-0.2, 0) is 6.42 Å². The number of rotatable bonds is 4. The lowest BCUT2D eigenvalue weighted by atomic mass is 10.1. The second-order valence-corrected chi connectivity index (χ2v) is 3.66. The maximum atomic E-state index is 5.77. The Bertz CT molecular complexity index is 469. The molecule has 0 aliphatic carbocycles. The van der Waals surface area contributed by atoms with Crippen molar-refractivity contribution in [3.05, 3.63) is 35.9 Å². The first-order valence-electron chi connectivity index (χ1n) is 5.22. The number of hydrogen-bond acceptors (Lipinski definition) is 4. The van der Waals surface area contributed by atoms with Gasteiger partial charge in [-0.2, -0.15) is 0 Å². The summed E-state index contributed by atoms with van der Waals surface area (Å²) in [6.45, 7) is 0. The van der Waals surface area contributed by atoms with E-state index in [1.165, 1.54) is 0 Å². The van der Waals surface area contributed by atoms with E-state index in [9.17, 15) is 0 Å². The van der Waals surface area contributed by atoms with E-state index in [0.29, 0.717) is 12.1 Å². The molecule has 0 saturated heterocycles. The number of hydrogen-bond donors (Lipinski definition) is 2. The van der Waals surface area contributed by atoms with Gasteiger partial charge in [0, 0.05) is 41.7 Å². The predicted molar refractivity (Wildman–Crippen MR) is 65.4 cm³/mol. The largest absolute Gasteiger partial charge is 0.496 e. The summed E-state index contributed by atoms with van der Waals surface area (Å²) in [5.74, 6) is 1.44. The molecule has 2 rings (SSSR count). The van der Waals surface area contributed by atoms with Gasteiger partial charge in [-0.1, -0.05) is 0 Å². The lowest BCUT2D eigenvalue weighted by Crippen LogP contribution is -2.00. The molecule has 0 amide bonds. The molecule has 5 heteroatoms. The summed E-state index contributed by atoms with van der Waals surface area (Å²) < 4.78 is 10.6. The summed E-state index contributed by atoms with van der Waals surface area (Å²) in [4.78, 5) is 7.03. The van der Waals surface area contributed by atoms with Crippen LogP contribution in [0.5, 0.6) is 11.5 Å². The number of nitrogens with zero attached hydrogens (tertiary/aromatic N) is 1. The van der Waals surface area contributed by atoms with Gasteiger partial charge in [0.1, 0.15) is 11.5 Å². The minimum atomic E-state index is 0.618. The summed E-state index contributed by atoms with van der Waals surface area (Å²) in [6.07, 6.45) is 4.08. The van der Waals surface area contributed by atoms with Crippen molar-refractivity contribution in [1.82, 2.24) is 9.97 Å². The third kappa shape index (κ3) is 2.33. The van der Waals surface area contributed by atoms with E-state index >= 15 is 0 Å². The Labute approximate surface area is 99.6 Å².